The summed E-state index contributed by atoms with van der Waals surface area (Å²) in [5, 5.41) is 4.95. The molecule has 246 valence electrons. The highest BCUT2D eigenvalue weighted by Gasteiger charge is 2.48. The third-order valence-electron chi connectivity index (χ3n) is 9.18. The van der Waals surface area contributed by atoms with Gasteiger partial charge in [0, 0.05) is 28.9 Å². The van der Waals surface area contributed by atoms with E-state index in [1.165, 1.54) is 0 Å². The van der Waals surface area contributed by atoms with Crippen molar-refractivity contribution in [1.82, 2.24) is 19.6 Å². The number of alkyl halides is 1. The fourth-order valence-electron chi connectivity index (χ4n) is 5.80. The van der Waals surface area contributed by atoms with Crippen LogP contribution in [0.2, 0.25) is 0 Å². The number of hydrogen-bond donors (Lipinski definition) is 2. The van der Waals surface area contributed by atoms with Crippen LogP contribution in [0, 0.1) is 5.92 Å². The lowest BCUT2D eigenvalue weighted by molar-refractivity contribution is -0.141. The number of pyridine rings is 2. The van der Waals surface area contributed by atoms with E-state index in [2.05, 4.69) is 15.0 Å². The van der Waals surface area contributed by atoms with Crippen LogP contribution >= 0.6 is 0 Å². The van der Waals surface area contributed by atoms with Crippen molar-refractivity contribution in [2.75, 3.05) is 18.4 Å². The maximum absolute atomic E-state index is 13.4. The van der Waals surface area contributed by atoms with Gasteiger partial charge in [0.1, 0.15) is 40.0 Å². The van der Waals surface area contributed by atoms with Gasteiger partial charge in [-0.15, -0.1) is 4.72 Å². The average Bonchev–Trinajstić information content (AvgIpc) is 3.71. The third-order valence-corrected chi connectivity index (χ3v) is 10.8. The molecule has 2 N–H and O–H groups in total. The highest BCUT2D eigenvalue weighted by molar-refractivity contribution is 7.90. The summed E-state index contributed by atoms with van der Waals surface area (Å²) < 4.78 is 41.4. The number of likely N-dealkylation sites (tertiary alicyclic amines) is 1. The minimum absolute atomic E-state index is 0.113. The number of carbonyl (C=O) groups is 2. The Labute approximate surface area is 272 Å². The fraction of sp³-hybridized carbons (Fsp3) is 0.529. The lowest BCUT2D eigenvalue weighted by Crippen LogP contribution is -2.56. The molecule has 3 aliphatic rings. The number of amides is 1. The van der Waals surface area contributed by atoms with Gasteiger partial charge in [-0.25, -0.2) is 19.2 Å². The van der Waals surface area contributed by atoms with E-state index in [1.807, 2.05) is 66.7 Å². The van der Waals surface area contributed by atoms with Crippen molar-refractivity contribution in [3.8, 4) is 5.75 Å². The van der Waals surface area contributed by atoms with Crippen LogP contribution in [0.4, 0.5) is 16.0 Å². The van der Waals surface area contributed by atoms with Gasteiger partial charge in [-0.1, -0.05) is 19.9 Å². The Hall–Kier alpha value is -3.48. The Kier molecular flexibility index (Phi) is 8.43. The summed E-state index contributed by atoms with van der Waals surface area (Å²) in [4.78, 5) is 36.1. The summed E-state index contributed by atoms with van der Waals surface area (Å²) in [6.45, 7) is 14.4. The Morgan fingerprint density at radius 2 is 1.93 bits per heavy atom. The number of fused-ring (bicyclic) bond motifs is 2. The second kappa shape index (κ2) is 12.0. The lowest BCUT2D eigenvalue weighted by Gasteiger charge is -2.39. The van der Waals surface area contributed by atoms with Crippen LogP contribution < -0.4 is 14.8 Å². The van der Waals surface area contributed by atoms with E-state index in [9.17, 15) is 18.5 Å². The number of nitrogens with zero attached hydrogens (tertiary/aromatic N) is 3. The summed E-state index contributed by atoms with van der Waals surface area (Å²) in [5.41, 5.74) is 1.38. The summed E-state index contributed by atoms with van der Waals surface area (Å²) in [6, 6.07) is 9.04. The van der Waals surface area contributed by atoms with Gasteiger partial charge >= 0.3 is 5.97 Å². The lowest BCUT2D eigenvalue weighted by atomic mass is 9.84. The van der Waals surface area contributed by atoms with Gasteiger partial charge < -0.3 is 24.2 Å². The Balaban J connectivity index is 1.31. The van der Waals surface area contributed by atoms with Crippen LogP contribution in [0.15, 0.2) is 36.5 Å². The van der Waals surface area contributed by atoms with Crippen LogP contribution in [-0.4, -0.2) is 67.0 Å². The van der Waals surface area contributed by atoms with E-state index in [4.69, 9.17) is 14.5 Å². The number of rotatable bonds is 9. The quantitative estimate of drug-likeness (QED) is 0.215. The number of cyclic esters (lactones) is 1. The highest BCUT2D eigenvalue weighted by atomic mass is 32.2. The molecule has 4 heterocycles. The molecule has 1 amide bonds. The number of benzene rings is 1. The Morgan fingerprint density at radius 3 is 2.59 bits per heavy atom. The maximum Gasteiger partial charge on any atom is 0.340 e. The molecule has 46 heavy (non-hydrogen) atoms. The number of anilines is 2. The first-order chi connectivity index (χ1) is 21.7. The molecule has 0 spiro atoms. The SMILES string of the molecule is CC[C@H](N[S+]([O-])C(C)(C)C)c1ccc(OC2CN(C(=O)[C@@H]3C[C@@H]3F)C2)c2cnc(Nc3ccc4c(n3)[C@@H](C)C(C)(C)OC4=O)cc12. The number of carbonyl (C=O) groups excluding carboxylic acids is 2. The Bertz CT molecular complexity index is 1670. The molecule has 1 aromatic carbocycles. The van der Waals surface area contributed by atoms with Crippen molar-refractivity contribution in [1.29, 1.82) is 0 Å². The number of esters is 1. The predicted molar refractivity (Wildman–Crippen MR) is 175 cm³/mol. The zero-order valence-corrected chi connectivity index (χ0v) is 28.2. The summed E-state index contributed by atoms with van der Waals surface area (Å²) in [5.74, 6) is 0.571. The molecule has 1 aliphatic carbocycles. The first kappa shape index (κ1) is 32.5. The van der Waals surface area contributed by atoms with Gasteiger partial charge in [0.25, 0.3) is 0 Å². The van der Waals surface area contributed by atoms with E-state index in [0.717, 1.165) is 16.3 Å². The van der Waals surface area contributed by atoms with Crippen molar-refractivity contribution in [2.45, 2.75) is 95.9 Å². The number of nitrogens with one attached hydrogen (secondary N) is 2. The zero-order valence-electron chi connectivity index (χ0n) is 27.3. The molecule has 1 saturated carbocycles. The molecule has 3 aromatic rings. The number of aromatic nitrogens is 2. The smallest absolute Gasteiger partial charge is 0.340 e. The van der Waals surface area contributed by atoms with Gasteiger partial charge in [-0.2, -0.15) is 0 Å². The van der Waals surface area contributed by atoms with Gasteiger partial charge in [-0.05, 0) is 82.7 Å². The van der Waals surface area contributed by atoms with E-state index >= 15 is 0 Å². The fourth-order valence-corrected chi connectivity index (χ4v) is 6.71. The number of halogens is 1. The molecule has 6 rings (SSSR count). The van der Waals surface area contributed by atoms with Crippen molar-refractivity contribution < 1.29 is 28.0 Å². The minimum atomic E-state index is -1.30. The van der Waals surface area contributed by atoms with Crippen LogP contribution in [0.25, 0.3) is 10.8 Å². The van der Waals surface area contributed by atoms with E-state index in [1.54, 1.807) is 23.2 Å². The molecule has 1 unspecified atom stereocenters. The third kappa shape index (κ3) is 6.26. The summed E-state index contributed by atoms with van der Waals surface area (Å²) in [7, 11) is 0. The maximum atomic E-state index is 13.4. The molecule has 5 atom stereocenters. The van der Waals surface area contributed by atoms with Crippen LogP contribution in [-0.2, 0) is 20.9 Å². The van der Waals surface area contributed by atoms with Crippen molar-refractivity contribution >= 4 is 45.6 Å². The first-order valence-corrected chi connectivity index (χ1v) is 17.0. The monoisotopic (exact) mass is 651 g/mol. The topological polar surface area (TPSA) is 129 Å². The van der Waals surface area contributed by atoms with Gasteiger partial charge in [0.05, 0.1) is 36.3 Å². The molecule has 0 radical (unpaired) electrons. The number of ether oxygens (including phenoxy) is 2. The van der Waals surface area contributed by atoms with Crippen molar-refractivity contribution in [2.24, 2.45) is 5.92 Å². The van der Waals surface area contributed by atoms with Gasteiger partial charge in [-0.3, -0.25) is 4.79 Å². The normalized spacial score (nSPS) is 23.6. The molecule has 2 aromatic heterocycles. The molecular weight excluding hydrogens is 609 g/mol. The Morgan fingerprint density at radius 1 is 1.22 bits per heavy atom. The second-order valence-corrected chi connectivity index (χ2v) is 16.0. The molecule has 12 heteroatoms. The molecule has 2 aliphatic heterocycles. The minimum Gasteiger partial charge on any atom is -0.598 e. The van der Waals surface area contributed by atoms with E-state index in [0.29, 0.717) is 54.6 Å². The van der Waals surface area contributed by atoms with Crippen LogP contribution in [0.1, 0.15) is 94.9 Å². The standard InChI is InChI=1S/C34H42FN5O5S/c1-8-26(39-46(43)33(3,4)5)20-9-11-27(44-19-16-40(17-19)31(41)23-13-25(23)35)24-15-36-29(14-22(20)24)37-28-12-10-21-30(38-28)18(2)34(6,7)45-32(21)42/h9-12,14-15,18-19,23,25-26,39H,8,13,16-17H2,1-7H3,(H,36,37,38)/t18-,23-,25+,26+,46?/m1/s1. The van der Waals surface area contributed by atoms with E-state index < -0.39 is 33.8 Å². The highest BCUT2D eigenvalue weighted by Crippen LogP contribution is 2.40. The first-order valence-electron chi connectivity index (χ1n) is 15.9. The molecule has 10 nitrogen and oxygen atoms in total. The molecule has 0 bridgehead atoms. The second-order valence-electron chi connectivity index (χ2n) is 14.0. The summed E-state index contributed by atoms with van der Waals surface area (Å²) in [6.07, 6.45) is 1.51. The molecule has 2 fully saturated rings. The number of hydrogen-bond acceptors (Lipinski definition) is 9. The zero-order chi connectivity index (χ0) is 33.1. The largest absolute Gasteiger partial charge is 0.598 e. The van der Waals surface area contributed by atoms with Crippen LogP contribution in [0.5, 0.6) is 5.75 Å². The van der Waals surface area contributed by atoms with Crippen LogP contribution in [0.3, 0.4) is 0 Å². The molecular formula is C34H42FN5O5S. The van der Waals surface area contributed by atoms with Crippen molar-refractivity contribution in [3.05, 3.63) is 53.3 Å². The van der Waals surface area contributed by atoms with E-state index in [-0.39, 0.29) is 29.9 Å². The predicted octanol–water partition coefficient (Wildman–Crippen LogP) is 5.88. The van der Waals surface area contributed by atoms with Gasteiger partial charge in [0.15, 0.2) is 0 Å². The van der Waals surface area contributed by atoms with Gasteiger partial charge in [0.2, 0.25) is 5.91 Å². The molecule has 1 saturated heterocycles. The summed E-state index contributed by atoms with van der Waals surface area (Å²) >= 11 is -1.30. The average molecular weight is 652 g/mol. The van der Waals surface area contributed by atoms with Crippen molar-refractivity contribution in [3.63, 3.8) is 0 Å².